The Bertz CT molecular complexity index is 694. The zero-order chi connectivity index (χ0) is 16.4. The van der Waals surface area contributed by atoms with Gasteiger partial charge in [-0.3, -0.25) is 9.69 Å². The molecule has 1 aliphatic rings. The number of aryl methyl sites for hydroxylation is 2. The fraction of sp³-hybridized carbons (Fsp3) is 0.600. The summed E-state index contributed by atoms with van der Waals surface area (Å²) in [6.07, 6.45) is 2.90. The Morgan fingerprint density at radius 3 is 3.09 bits per heavy atom. The van der Waals surface area contributed by atoms with Crippen molar-refractivity contribution in [3.8, 4) is 0 Å². The van der Waals surface area contributed by atoms with Crippen LogP contribution < -0.4 is 10.2 Å². The van der Waals surface area contributed by atoms with E-state index >= 15 is 0 Å². The number of carbonyl (C=O) groups excluding carboxylic acids is 1. The van der Waals surface area contributed by atoms with Gasteiger partial charge in [0.05, 0.1) is 12.2 Å². The molecule has 23 heavy (non-hydrogen) atoms. The Labute approximate surface area is 139 Å². The quantitative estimate of drug-likeness (QED) is 0.894. The van der Waals surface area contributed by atoms with E-state index in [1.165, 1.54) is 11.3 Å². The summed E-state index contributed by atoms with van der Waals surface area (Å²) in [6.45, 7) is 5.18. The first kappa shape index (κ1) is 16.1. The van der Waals surface area contributed by atoms with Crippen molar-refractivity contribution in [2.45, 2.75) is 52.2 Å². The van der Waals surface area contributed by atoms with Crippen molar-refractivity contribution in [1.82, 2.24) is 25.1 Å². The molecule has 2 aromatic rings. The van der Waals surface area contributed by atoms with Gasteiger partial charge >= 0.3 is 0 Å². The lowest BCUT2D eigenvalue weighted by molar-refractivity contribution is -0.116. The van der Waals surface area contributed by atoms with Crippen molar-refractivity contribution in [3.63, 3.8) is 0 Å². The molecule has 124 valence electrons. The van der Waals surface area contributed by atoms with Crippen LogP contribution in [0.5, 0.6) is 0 Å². The van der Waals surface area contributed by atoms with E-state index < -0.39 is 0 Å². The van der Waals surface area contributed by atoms with Crippen molar-refractivity contribution in [2.24, 2.45) is 0 Å². The van der Waals surface area contributed by atoms with Crippen LogP contribution in [0, 0.1) is 0 Å². The van der Waals surface area contributed by atoms with E-state index in [2.05, 4.69) is 27.3 Å². The van der Waals surface area contributed by atoms with Gasteiger partial charge in [-0.1, -0.05) is 6.92 Å². The average Bonchev–Trinajstić information content (AvgIpc) is 3.17. The molecule has 0 unspecified atom stereocenters. The van der Waals surface area contributed by atoms with Crippen LogP contribution in [0.2, 0.25) is 0 Å². The van der Waals surface area contributed by atoms with Crippen molar-refractivity contribution in [3.05, 3.63) is 22.7 Å². The number of nitrogens with zero attached hydrogens (tertiary/aromatic N) is 5. The van der Waals surface area contributed by atoms with E-state index in [0.717, 1.165) is 48.3 Å². The van der Waals surface area contributed by atoms with Crippen LogP contribution in [0.25, 0.3) is 0 Å². The molecule has 0 aromatic carbocycles. The van der Waals surface area contributed by atoms with Crippen LogP contribution in [-0.4, -0.2) is 38.7 Å². The number of aromatic nitrogens is 4. The fourth-order valence-corrected chi connectivity index (χ4v) is 3.43. The lowest BCUT2D eigenvalue weighted by Crippen LogP contribution is -2.37. The minimum Gasteiger partial charge on any atom is -0.306 e. The summed E-state index contributed by atoms with van der Waals surface area (Å²) in [5.74, 6) is 2.02. The molecular weight excluding hydrogens is 312 g/mol. The molecule has 0 bridgehead atoms. The molecule has 0 fully saturated rings. The van der Waals surface area contributed by atoms with Gasteiger partial charge in [0, 0.05) is 44.8 Å². The number of anilines is 1. The Hall–Kier alpha value is -1.80. The normalized spacial score (nSPS) is 17.1. The molecule has 8 heteroatoms. The predicted octanol–water partition coefficient (Wildman–Crippen LogP) is 1.38. The van der Waals surface area contributed by atoms with Crippen LogP contribution in [0.3, 0.4) is 0 Å². The lowest BCUT2D eigenvalue weighted by Gasteiger charge is -2.23. The van der Waals surface area contributed by atoms with Gasteiger partial charge in [-0.05, 0) is 6.42 Å². The topological polar surface area (TPSA) is 75.9 Å². The van der Waals surface area contributed by atoms with Crippen molar-refractivity contribution < 1.29 is 4.79 Å². The summed E-state index contributed by atoms with van der Waals surface area (Å²) < 4.78 is 2.02. The second-order valence-corrected chi connectivity index (χ2v) is 6.63. The van der Waals surface area contributed by atoms with Gasteiger partial charge in [0.1, 0.15) is 5.82 Å². The van der Waals surface area contributed by atoms with Crippen LogP contribution in [0.4, 0.5) is 5.13 Å². The highest BCUT2D eigenvalue weighted by Crippen LogP contribution is 2.20. The molecule has 3 heterocycles. The highest BCUT2D eigenvalue weighted by atomic mass is 32.1. The maximum Gasteiger partial charge on any atom is 0.225 e. The predicted molar refractivity (Wildman–Crippen MR) is 89.5 cm³/mol. The standard InChI is InChI=1S/C15H22N6OS/c1-4-13-18-14-6-5-11(8-21(14)19-13)16-7-12-9-23-15(17-12)20(3)10(2)22/h9,11,16H,4-8H2,1-3H3/t11-/m0/s1. The molecular formula is C15H22N6OS. The smallest absolute Gasteiger partial charge is 0.225 e. The van der Waals surface area contributed by atoms with Crippen LogP contribution in [0.15, 0.2) is 5.38 Å². The SMILES string of the molecule is CCc1nc2n(n1)C[C@@H](NCc1csc(N(C)C(C)=O)n1)CC2. The molecule has 1 N–H and O–H groups in total. The lowest BCUT2D eigenvalue weighted by atomic mass is 10.1. The van der Waals surface area contributed by atoms with Gasteiger partial charge in [0.25, 0.3) is 0 Å². The molecule has 1 atom stereocenters. The van der Waals surface area contributed by atoms with Crippen molar-refractivity contribution in [2.75, 3.05) is 11.9 Å². The monoisotopic (exact) mass is 334 g/mol. The van der Waals surface area contributed by atoms with E-state index in [4.69, 9.17) is 0 Å². The van der Waals surface area contributed by atoms with Gasteiger partial charge in [-0.15, -0.1) is 11.3 Å². The summed E-state index contributed by atoms with van der Waals surface area (Å²) in [5.41, 5.74) is 0.969. The molecule has 0 aliphatic carbocycles. The first-order valence-electron chi connectivity index (χ1n) is 7.91. The average molecular weight is 334 g/mol. The maximum atomic E-state index is 11.4. The summed E-state index contributed by atoms with van der Waals surface area (Å²) >= 11 is 1.49. The zero-order valence-corrected chi connectivity index (χ0v) is 14.6. The number of rotatable bonds is 5. The number of amides is 1. The van der Waals surface area contributed by atoms with E-state index in [9.17, 15) is 4.79 Å². The zero-order valence-electron chi connectivity index (χ0n) is 13.7. The van der Waals surface area contributed by atoms with Crippen molar-refractivity contribution >= 4 is 22.4 Å². The fourth-order valence-electron chi connectivity index (χ4n) is 2.59. The molecule has 2 aromatic heterocycles. The minimum atomic E-state index is -0.00317. The highest BCUT2D eigenvalue weighted by Gasteiger charge is 2.21. The van der Waals surface area contributed by atoms with Crippen LogP contribution in [-0.2, 0) is 30.7 Å². The third kappa shape index (κ3) is 3.59. The number of carbonyl (C=O) groups is 1. The van der Waals surface area contributed by atoms with E-state index in [0.29, 0.717) is 12.6 Å². The molecule has 3 rings (SSSR count). The second kappa shape index (κ2) is 6.76. The van der Waals surface area contributed by atoms with Crippen LogP contribution >= 0.6 is 11.3 Å². The highest BCUT2D eigenvalue weighted by molar-refractivity contribution is 7.14. The Balaban J connectivity index is 1.56. The third-order valence-electron chi connectivity index (χ3n) is 4.09. The van der Waals surface area contributed by atoms with Gasteiger partial charge in [-0.25, -0.2) is 14.6 Å². The molecule has 1 amide bonds. The summed E-state index contributed by atoms with van der Waals surface area (Å²) in [6, 6.07) is 0.379. The number of hydrogen-bond acceptors (Lipinski definition) is 6. The minimum absolute atomic E-state index is 0.00317. The number of fused-ring (bicyclic) bond motifs is 1. The van der Waals surface area contributed by atoms with Crippen LogP contribution in [0.1, 0.15) is 37.6 Å². The van der Waals surface area contributed by atoms with E-state index in [1.54, 1.807) is 18.9 Å². The molecule has 0 radical (unpaired) electrons. The third-order valence-corrected chi connectivity index (χ3v) is 5.05. The Morgan fingerprint density at radius 2 is 2.35 bits per heavy atom. The summed E-state index contributed by atoms with van der Waals surface area (Å²) in [5, 5.41) is 10.8. The van der Waals surface area contributed by atoms with Gasteiger partial charge < -0.3 is 5.32 Å². The van der Waals surface area contributed by atoms with Gasteiger partial charge in [0.15, 0.2) is 11.0 Å². The second-order valence-electron chi connectivity index (χ2n) is 5.80. The maximum absolute atomic E-state index is 11.4. The molecule has 0 saturated heterocycles. The van der Waals surface area contributed by atoms with E-state index in [-0.39, 0.29) is 5.91 Å². The Morgan fingerprint density at radius 1 is 1.52 bits per heavy atom. The largest absolute Gasteiger partial charge is 0.306 e. The molecule has 1 aliphatic heterocycles. The number of nitrogens with one attached hydrogen (secondary N) is 1. The molecule has 7 nitrogen and oxygen atoms in total. The first-order chi connectivity index (χ1) is 11.1. The van der Waals surface area contributed by atoms with E-state index in [1.807, 2.05) is 10.1 Å². The number of thiazole rings is 1. The van der Waals surface area contributed by atoms with Gasteiger partial charge in [0.2, 0.25) is 5.91 Å². The summed E-state index contributed by atoms with van der Waals surface area (Å²) in [4.78, 5) is 22.0. The Kier molecular flexibility index (Phi) is 4.72. The van der Waals surface area contributed by atoms with Crippen molar-refractivity contribution in [1.29, 1.82) is 0 Å². The first-order valence-corrected chi connectivity index (χ1v) is 8.79. The summed E-state index contributed by atoms with van der Waals surface area (Å²) in [7, 11) is 1.75. The molecule has 0 spiro atoms. The number of hydrogen-bond donors (Lipinski definition) is 1. The van der Waals surface area contributed by atoms with Gasteiger partial charge in [-0.2, -0.15) is 5.10 Å². The molecule has 0 saturated carbocycles.